The van der Waals surface area contributed by atoms with Crippen molar-refractivity contribution in [2.45, 2.75) is 77.0 Å². The molecule has 2 bridgehead atoms. The van der Waals surface area contributed by atoms with Crippen molar-refractivity contribution >= 4 is 28.3 Å². The number of benzene rings is 1. The topological polar surface area (TPSA) is 79.5 Å². The van der Waals surface area contributed by atoms with Crippen LogP contribution < -0.4 is 5.73 Å². The minimum Gasteiger partial charge on any atom is -0.375 e. The third kappa shape index (κ3) is 3.08. The lowest BCUT2D eigenvalue weighted by atomic mass is 9.64. The van der Waals surface area contributed by atoms with Crippen molar-refractivity contribution in [2.75, 3.05) is 5.73 Å². The molecule has 31 heavy (non-hydrogen) atoms. The van der Waals surface area contributed by atoms with Gasteiger partial charge >= 0.3 is 0 Å². The number of nitrogen functional groups attached to an aromatic ring is 1. The first-order chi connectivity index (χ1) is 14.8. The van der Waals surface area contributed by atoms with E-state index >= 15 is 0 Å². The molecule has 164 valence electrons. The van der Waals surface area contributed by atoms with Crippen LogP contribution in [0.4, 0.5) is 5.13 Å². The van der Waals surface area contributed by atoms with Crippen LogP contribution in [0.2, 0.25) is 0 Å². The van der Waals surface area contributed by atoms with Crippen molar-refractivity contribution in [3.05, 3.63) is 46.5 Å². The number of aromatic nitrogens is 1. The van der Waals surface area contributed by atoms with E-state index in [0.717, 1.165) is 32.1 Å². The van der Waals surface area contributed by atoms with Gasteiger partial charge in [0.1, 0.15) is 4.88 Å². The van der Waals surface area contributed by atoms with Crippen LogP contribution in [0.25, 0.3) is 0 Å². The highest BCUT2D eigenvalue weighted by molar-refractivity contribution is 7.17. The number of hydrogen-bond acceptors (Lipinski definition) is 5. The van der Waals surface area contributed by atoms with Crippen LogP contribution in [0.3, 0.4) is 0 Å². The predicted molar refractivity (Wildman–Crippen MR) is 122 cm³/mol. The van der Waals surface area contributed by atoms with E-state index in [9.17, 15) is 9.59 Å². The van der Waals surface area contributed by atoms with Gasteiger partial charge in [0.15, 0.2) is 5.13 Å². The van der Waals surface area contributed by atoms with E-state index in [1.165, 1.54) is 16.9 Å². The van der Waals surface area contributed by atoms with Crippen molar-refractivity contribution in [3.63, 3.8) is 0 Å². The standard InChI is InChI=1S/C24H30N4O2S/c1-14-21(31-23(25)26-14)22(30)28-18-13-24(3)19(10-7-11-20(24)28)27(15(2)29)17(18)12-16-8-5-4-6-9-16/h4-6,8-9,17-20H,7,10-13H2,1-3H3,(H2,25,26)/t17-,18-,19+,20-,24+/m0/s1. The fourth-order valence-corrected chi connectivity index (χ4v) is 7.44. The summed E-state index contributed by atoms with van der Waals surface area (Å²) in [6.07, 6.45) is 4.75. The molecule has 1 saturated carbocycles. The quantitative estimate of drug-likeness (QED) is 0.793. The number of carbonyl (C=O) groups excluding carboxylic acids is 2. The Labute approximate surface area is 187 Å². The van der Waals surface area contributed by atoms with Crippen LogP contribution in [0.15, 0.2) is 30.3 Å². The van der Waals surface area contributed by atoms with Gasteiger partial charge in [-0.3, -0.25) is 9.59 Å². The highest BCUT2D eigenvalue weighted by atomic mass is 32.1. The van der Waals surface area contributed by atoms with E-state index in [1.807, 2.05) is 25.1 Å². The maximum Gasteiger partial charge on any atom is 0.266 e. The lowest BCUT2D eigenvalue weighted by Gasteiger charge is -2.52. The van der Waals surface area contributed by atoms with Crippen molar-refractivity contribution in [1.82, 2.24) is 14.8 Å². The van der Waals surface area contributed by atoms with E-state index in [2.05, 4.69) is 33.8 Å². The summed E-state index contributed by atoms with van der Waals surface area (Å²) >= 11 is 1.28. The maximum atomic E-state index is 13.9. The predicted octanol–water partition coefficient (Wildman–Crippen LogP) is 3.65. The van der Waals surface area contributed by atoms with Gasteiger partial charge in [-0.15, -0.1) is 0 Å². The van der Waals surface area contributed by atoms with Crippen molar-refractivity contribution in [2.24, 2.45) is 5.41 Å². The number of rotatable bonds is 3. The molecule has 6 nitrogen and oxygen atoms in total. The summed E-state index contributed by atoms with van der Waals surface area (Å²) in [4.78, 5) is 36.0. The fraction of sp³-hybridized carbons (Fsp3) is 0.542. The lowest BCUT2D eigenvalue weighted by Crippen LogP contribution is -2.62. The zero-order valence-corrected chi connectivity index (χ0v) is 19.2. The van der Waals surface area contributed by atoms with Gasteiger partial charge in [0.2, 0.25) is 5.91 Å². The van der Waals surface area contributed by atoms with Crippen LogP contribution in [0.1, 0.15) is 60.5 Å². The molecule has 5 atom stereocenters. The summed E-state index contributed by atoms with van der Waals surface area (Å²) in [7, 11) is 0. The van der Waals surface area contributed by atoms with Crippen LogP contribution >= 0.6 is 11.3 Å². The molecule has 1 aromatic heterocycles. The first-order valence-electron chi connectivity index (χ1n) is 11.2. The monoisotopic (exact) mass is 438 g/mol. The second kappa shape index (κ2) is 7.33. The van der Waals surface area contributed by atoms with Crippen LogP contribution in [-0.4, -0.2) is 50.8 Å². The average molecular weight is 439 g/mol. The highest BCUT2D eigenvalue weighted by Gasteiger charge is 2.64. The van der Waals surface area contributed by atoms with E-state index in [-0.39, 0.29) is 41.4 Å². The molecule has 2 N–H and O–H groups in total. The van der Waals surface area contributed by atoms with Crippen LogP contribution in [0.5, 0.6) is 0 Å². The third-order valence-electron chi connectivity index (χ3n) is 7.85. The normalized spacial score (nSPS) is 31.7. The molecule has 3 aliphatic rings. The number of anilines is 1. The smallest absolute Gasteiger partial charge is 0.266 e. The Bertz CT molecular complexity index is 1020. The molecule has 3 fully saturated rings. The molecule has 1 aromatic carbocycles. The minimum atomic E-state index is -0.0679. The molecule has 2 aromatic rings. The average Bonchev–Trinajstić information content (AvgIpc) is 3.23. The van der Waals surface area contributed by atoms with E-state index in [1.54, 1.807) is 6.92 Å². The van der Waals surface area contributed by atoms with Crippen LogP contribution in [0, 0.1) is 12.3 Å². The molecule has 0 unspecified atom stereocenters. The number of aryl methyl sites for hydroxylation is 1. The van der Waals surface area contributed by atoms with Gasteiger partial charge in [0, 0.05) is 24.4 Å². The van der Waals surface area contributed by atoms with E-state index in [4.69, 9.17) is 5.73 Å². The molecule has 3 heterocycles. The number of likely N-dealkylation sites (tertiary alicyclic amines) is 2. The number of piperidine rings is 1. The molecular formula is C24H30N4O2S. The second-order valence-corrected chi connectivity index (χ2v) is 10.6. The van der Waals surface area contributed by atoms with Gasteiger partial charge in [-0.2, -0.15) is 0 Å². The maximum absolute atomic E-state index is 13.9. The summed E-state index contributed by atoms with van der Waals surface area (Å²) < 4.78 is 0. The van der Waals surface area contributed by atoms with Gasteiger partial charge in [0.05, 0.1) is 17.8 Å². The zero-order valence-electron chi connectivity index (χ0n) is 18.4. The number of hydrogen-bond donors (Lipinski definition) is 1. The van der Waals surface area contributed by atoms with Gasteiger partial charge in [-0.25, -0.2) is 4.98 Å². The van der Waals surface area contributed by atoms with Gasteiger partial charge in [-0.05, 0) is 44.6 Å². The molecule has 7 heteroatoms. The number of fused-ring (bicyclic) bond motifs is 1. The van der Waals surface area contributed by atoms with Gasteiger partial charge < -0.3 is 15.5 Å². The Morgan fingerprint density at radius 2 is 1.87 bits per heavy atom. The molecule has 0 radical (unpaired) electrons. The Morgan fingerprint density at radius 1 is 1.19 bits per heavy atom. The number of amides is 2. The van der Waals surface area contributed by atoms with Gasteiger partial charge in [0.25, 0.3) is 5.91 Å². The number of carbonyl (C=O) groups is 2. The zero-order chi connectivity index (χ0) is 21.9. The Balaban J connectivity index is 1.60. The highest BCUT2D eigenvalue weighted by Crippen LogP contribution is 2.57. The molecule has 0 spiro atoms. The van der Waals surface area contributed by atoms with E-state index < -0.39 is 0 Å². The largest absolute Gasteiger partial charge is 0.375 e. The van der Waals surface area contributed by atoms with Crippen molar-refractivity contribution in [1.29, 1.82) is 0 Å². The molecule has 1 aliphatic carbocycles. The molecule has 2 aliphatic heterocycles. The number of thiazole rings is 1. The van der Waals surface area contributed by atoms with Crippen LogP contribution in [-0.2, 0) is 11.2 Å². The third-order valence-corrected chi connectivity index (χ3v) is 8.82. The first-order valence-corrected chi connectivity index (χ1v) is 12.0. The summed E-state index contributed by atoms with van der Waals surface area (Å²) in [5.74, 6) is 0.157. The minimum absolute atomic E-state index is 0.00341. The Kier molecular flexibility index (Phi) is 4.84. The summed E-state index contributed by atoms with van der Waals surface area (Å²) in [6.45, 7) is 5.84. The number of nitrogens with two attached hydrogens (primary N) is 1. The van der Waals surface area contributed by atoms with Crippen molar-refractivity contribution < 1.29 is 9.59 Å². The Hall–Kier alpha value is -2.41. The molecule has 2 amide bonds. The first kappa shape index (κ1) is 20.5. The van der Waals surface area contributed by atoms with Gasteiger partial charge in [-0.1, -0.05) is 48.6 Å². The Morgan fingerprint density at radius 3 is 2.48 bits per heavy atom. The summed E-state index contributed by atoms with van der Waals surface area (Å²) in [5, 5.41) is 0.432. The lowest BCUT2D eigenvalue weighted by molar-refractivity contribution is -0.142. The fourth-order valence-electron chi connectivity index (χ4n) is 6.66. The van der Waals surface area contributed by atoms with E-state index in [0.29, 0.717) is 15.7 Å². The van der Waals surface area contributed by atoms with Crippen molar-refractivity contribution in [3.8, 4) is 0 Å². The molecule has 2 saturated heterocycles. The summed E-state index contributed by atoms with van der Waals surface area (Å²) in [5.41, 5.74) is 7.76. The molecule has 5 rings (SSSR count). The second-order valence-electron chi connectivity index (χ2n) is 9.60. The molecular weight excluding hydrogens is 408 g/mol. The number of nitrogens with zero attached hydrogens (tertiary/aromatic N) is 3. The SMILES string of the molecule is CC(=O)N1[C@@H](Cc2ccccc2)[C@@H]2C[C@@]3(C)[C@H](CCC[C@@H]13)N2C(=O)c1sc(N)nc1C. The summed E-state index contributed by atoms with van der Waals surface area (Å²) in [6, 6.07) is 10.6.